The van der Waals surface area contributed by atoms with Crippen LogP contribution in [0.4, 0.5) is 0 Å². The van der Waals surface area contributed by atoms with Crippen LogP contribution in [-0.4, -0.2) is 72.5 Å². The molecule has 2 amide bonds. The summed E-state index contributed by atoms with van der Waals surface area (Å²) in [5.74, 6) is 2.81. The van der Waals surface area contributed by atoms with Crippen molar-refractivity contribution in [3.8, 4) is 45.6 Å². The number of rotatable bonds is 13. The molecule has 4 aromatic carbocycles. The maximum atomic E-state index is 15.2. The number of primary amides is 1. The van der Waals surface area contributed by atoms with Crippen LogP contribution in [-0.2, 0) is 0 Å². The van der Waals surface area contributed by atoms with Gasteiger partial charge in [-0.1, -0.05) is 38.5 Å². The Bertz CT molecular complexity index is 2030. The molecule has 290 valence electrons. The van der Waals surface area contributed by atoms with E-state index in [9.17, 15) is 4.79 Å². The smallest absolute Gasteiger partial charge is 0.258 e. The highest BCUT2D eigenvalue weighted by atomic mass is 16.5. The van der Waals surface area contributed by atoms with Crippen molar-refractivity contribution in [1.82, 2.24) is 4.90 Å². The van der Waals surface area contributed by atoms with Gasteiger partial charge in [-0.3, -0.25) is 9.59 Å². The fourth-order valence-electron chi connectivity index (χ4n) is 9.16. The normalized spacial score (nSPS) is 15.3. The number of ether oxygens (including phenoxy) is 6. The predicted octanol–water partition coefficient (Wildman–Crippen LogP) is 9.03. The van der Waals surface area contributed by atoms with E-state index < -0.39 is 5.91 Å². The van der Waals surface area contributed by atoms with E-state index in [1.54, 1.807) is 34.5 Å². The minimum absolute atomic E-state index is 0.0411. The lowest BCUT2D eigenvalue weighted by molar-refractivity contribution is 0.0663. The molecule has 4 aromatic rings. The van der Waals surface area contributed by atoms with Crippen molar-refractivity contribution >= 4 is 33.4 Å². The average Bonchev–Trinajstić information content (AvgIpc) is 3.18. The summed E-state index contributed by atoms with van der Waals surface area (Å²) >= 11 is 0. The molecule has 2 saturated carbocycles. The van der Waals surface area contributed by atoms with E-state index in [4.69, 9.17) is 34.2 Å². The van der Waals surface area contributed by atoms with Crippen molar-refractivity contribution in [3.05, 3.63) is 46.5 Å². The number of methoxy groups -OCH3 is 6. The average molecular weight is 741 g/mol. The van der Waals surface area contributed by atoms with Gasteiger partial charge in [-0.15, -0.1) is 0 Å². The number of hydrogen-bond acceptors (Lipinski definition) is 8. The molecule has 0 bridgehead atoms. The number of hydrogen-bond donors (Lipinski definition) is 1. The molecule has 10 nitrogen and oxygen atoms in total. The predicted molar refractivity (Wildman–Crippen MR) is 213 cm³/mol. The van der Waals surface area contributed by atoms with Crippen LogP contribution in [0.2, 0.25) is 0 Å². The van der Waals surface area contributed by atoms with Crippen LogP contribution < -0.4 is 34.2 Å². The topological polar surface area (TPSA) is 119 Å². The minimum Gasteiger partial charge on any atom is -0.495 e. The van der Waals surface area contributed by atoms with Gasteiger partial charge in [0.1, 0.15) is 11.5 Å². The second-order valence-corrected chi connectivity index (χ2v) is 15.0. The molecule has 10 heteroatoms. The zero-order chi connectivity index (χ0) is 38.7. The molecule has 0 aromatic heterocycles. The number of aryl methyl sites for hydroxylation is 2. The SMILES string of the molecule is COc1cc2c(OC)c(-c3c(C)cc4c(C(=O)N(CC5CCCCC5)CC5CCCCC5)c(OC)c(OC)cc4c3OC)c(C)cc2c(C(N)=O)c1OC. The number of benzene rings is 4. The van der Waals surface area contributed by atoms with E-state index in [1.165, 1.54) is 52.7 Å². The number of fused-ring (bicyclic) bond motifs is 2. The molecule has 2 fully saturated rings. The van der Waals surface area contributed by atoms with Crippen molar-refractivity contribution in [2.45, 2.75) is 78.1 Å². The second kappa shape index (κ2) is 16.7. The van der Waals surface area contributed by atoms with Crippen molar-refractivity contribution in [3.63, 3.8) is 0 Å². The van der Waals surface area contributed by atoms with Gasteiger partial charge < -0.3 is 39.1 Å². The molecule has 6 rings (SSSR count). The Kier molecular flexibility index (Phi) is 12.0. The molecule has 0 heterocycles. The molecule has 2 N–H and O–H groups in total. The van der Waals surface area contributed by atoms with E-state index in [-0.39, 0.29) is 17.2 Å². The Labute approximate surface area is 319 Å². The standard InChI is InChI=1S/C44H56N2O8/c1-25-19-29-31(21-33(49-3)41(53-7)37(29)43(45)47)39(51-5)35(25)36-26(2)20-30-32(40(36)52-6)22-34(50-4)42(54-8)38(30)44(48)46(23-27-15-11-9-12-16-27)24-28-17-13-10-14-18-28/h19-22,27-28H,9-18,23-24H2,1-8H3,(H2,45,47). The third kappa shape index (κ3) is 7.07. The van der Waals surface area contributed by atoms with Gasteiger partial charge in [0, 0.05) is 45.8 Å². The summed E-state index contributed by atoms with van der Waals surface area (Å²) in [4.78, 5) is 30.2. The number of amides is 2. The van der Waals surface area contributed by atoms with Crippen LogP contribution in [0.3, 0.4) is 0 Å². The molecular weight excluding hydrogens is 684 g/mol. The quantitative estimate of drug-likeness (QED) is 0.144. The first kappa shape index (κ1) is 38.9. The van der Waals surface area contributed by atoms with Crippen molar-refractivity contribution in [2.75, 3.05) is 55.7 Å². The van der Waals surface area contributed by atoms with Gasteiger partial charge >= 0.3 is 0 Å². The lowest BCUT2D eigenvalue weighted by atomic mass is 9.85. The number of carbonyl (C=O) groups excluding carboxylic acids is 2. The van der Waals surface area contributed by atoms with Crippen LogP contribution in [0.25, 0.3) is 32.7 Å². The van der Waals surface area contributed by atoms with Crippen LogP contribution in [0.15, 0.2) is 24.3 Å². The lowest BCUT2D eigenvalue weighted by Gasteiger charge is -2.34. The Morgan fingerprint density at radius 3 is 1.31 bits per heavy atom. The van der Waals surface area contributed by atoms with E-state index >= 15 is 4.79 Å². The summed E-state index contributed by atoms with van der Waals surface area (Å²) in [6.45, 7) is 5.44. The monoisotopic (exact) mass is 740 g/mol. The summed E-state index contributed by atoms with van der Waals surface area (Å²) in [5.41, 5.74) is 9.84. The first-order valence-corrected chi connectivity index (χ1v) is 19.2. The summed E-state index contributed by atoms with van der Waals surface area (Å²) in [5, 5.41) is 2.63. The van der Waals surface area contributed by atoms with Gasteiger partial charge in [0.15, 0.2) is 23.0 Å². The first-order valence-electron chi connectivity index (χ1n) is 19.2. The zero-order valence-electron chi connectivity index (χ0n) is 33.2. The Hall–Kier alpha value is -4.86. The largest absolute Gasteiger partial charge is 0.495 e. The second-order valence-electron chi connectivity index (χ2n) is 15.0. The molecule has 0 unspecified atom stereocenters. The molecule has 2 aliphatic rings. The molecule has 2 aliphatic carbocycles. The summed E-state index contributed by atoms with van der Waals surface area (Å²) in [6, 6.07) is 7.65. The Morgan fingerprint density at radius 2 is 0.944 bits per heavy atom. The molecule has 54 heavy (non-hydrogen) atoms. The number of carbonyl (C=O) groups is 2. The maximum absolute atomic E-state index is 15.2. The van der Waals surface area contributed by atoms with Crippen LogP contribution >= 0.6 is 0 Å². The molecular formula is C44H56N2O8. The first-order chi connectivity index (χ1) is 26.1. The molecule has 0 saturated heterocycles. The van der Waals surface area contributed by atoms with E-state index in [2.05, 4.69) is 4.90 Å². The Morgan fingerprint density at radius 1 is 0.556 bits per heavy atom. The van der Waals surface area contributed by atoms with Crippen LogP contribution in [0, 0.1) is 25.7 Å². The zero-order valence-corrected chi connectivity index (χ0v) is 33.2. The fraction of sp³-hybridized carbons (Fsp3) is 0.500. The summed E-state index contributed by atoms with van der Waals surface area (Å²) < 4.78 is 35.7. The highest BCUT2D eigenvalue weighted by Gasteiger charge is 2.33. The van der Waals surface area contributed by atoms with E-state index in [1.807, 2.05) is 32.0 Å². The van der Waals surface area contributed by atoms with E-state index in [0.717, 1.165) is 66.4 Å². The van der Waals surface area contributed by atoms with Crippen molar-refractivity contribution in [2.24, 2.45) is 17.6 Å². The molecule has 0 radical (unpaired) electrons. The van der Waals surface area contributed by atoms with Gasteiger partial charge in [0.25, 0.3) is 11.8 Å². The van der Waals surface area contributed by atoms with Gasteiger partial charge in [0.2, 0.25) is 0 Å². The summed E-state index contributed by atoms with van der Waals surface area (Å²) in [7, 11) is 9.41. The molecule has 0 atom stereocenters. The maximum Gasteiger partial charge on any atom is 0.258 e. The van der Waals surface area contributed by atoms with Gasteiger partial charge in [0.05, 0.1) is 53.8 Å². The highest BCUT2D eigenvalue weighted by molar-refractivity contribution is 6.16. The summed E-state index contributed by atoms with van der Waals surface area (Å²) in [6.07, 6.45) is 12.0. The van der Waals surface area contributed by atoms with E-state index in [0.29, 0.717) is 62.3 Å². The third-order valence-electron chi connectivity index (χ3n) is 11.7. The van der Waals surface area contributed by atoms with Gasteiger partial charge in [-0.2, -0.15) is 0 Å². The van der Waals surface area contributed by atoms with Crippen LogP contribution in [0.1, 0.15) is 96.1 Å². The van der Waals surface area contributed by atoms with Crippen LogP contribution in [0.5, 0.6) is 34.5 Å². The number of nitrogens with zero attached hydrogens (tertiary/aromatic N) is 1. The highest BCUT2D eigenvalue weighted by Crippen LogP contribution is 2.52. The van der Waals surface area contributed by atoms with Gasteiger partial charge in [-0.25, -0.2) is 0 Å². The Balaban J connectivity index is 1.61. The molecule has 0 aliphatic heterocycles. The lowest BCUT2D eigenvalue weighted by Crippen LogP contribution is -2.40. The van der Waals surface area contributed by atoms with Crippen molar-refractivity contribution in [1.29, 1.82) is 0 Å². The fourth-order valence-corrected chi connectivity index (χ4v) is 9.16. The third-order valence-corrected chi connectivity index (χ3v) is 11.7. The van der Waals surface area contributed by atoms with Crippen molar-refractivity contribution < 1.29 is 38.0 Å². The molecule has 0 spiro atoms. The van der Waals surface area contributed by atoms with Gasteiger partial charge in [-0.05, 0) is 86.8 Å². The minimum atomic E-state index is -0.649. The number of nitrogens with two attached hydrogens (primary N) is 1.